The minimum absolute atomic E-state index is 0.158. The average molecular weight is 314 g/mol. The second kappa shape index (κ2) is 5.39. The summed E-state index contributed by atoms with van der Waals surface area (Å²) in [6.07, 6.45) is 2.12. The van der Waals surface area contributed by atoms with E-state index in [-0.39, 0.29) is 17.5 Å². The van der Waals surface area contributed by atoms with Gasteiger partial charge in [0.15, 0.2) is 0 Å². The standard InChI is InChI=1S/C14H17BrFNO/c1-9-6-7-10(2)17(8-9)14(18)11-4-3-5-12(15)13(11)16/h3-5,9-10H,6-8H2,1-2H3. The topological polar surface area (TPSA) is 20.3 Å². The molecular formula is C14H17BrFNO. The van der Waals surface area contributed by atoms with Gasteiger partial charge < -0.3 is 4.90 Å². The molecule has 2 nitrogen and oxygen atoms in total. The zero-order valence-corrected chi connectivity index (χ0v) is 12.2. The van der Waals surface area contributed by atoms with Gasteiger partial charge in [-0.2, -0.15) is 0 Å². The van der Waals surface area contributed by atoms with Crippen molar-refractivity contribution in [1.82, 2.24) is 4.90 Å². The van der Waals surface area contributed by atoms with E-state index >= 15 is 0 Å². The summed E-state index contributed by atoms with van der Waals surface area (Å²) < 4.78 is 14.3. The lowest BCUT2D eigenvalue weighted by Gasteiger charge is -2.37. The molecule has 0 bridgehead atoms. The van der Waals surface area contributed by atoms with E-state index in [9.17, 15) is 9.18 Å². The monoisotopic (exact) mass is 313 g/mol. The van der Waals surface area contributed by atoms with Crippen molar-refractivity contribution < 1.29 is 9.18 Å². The Bertz CT molecular complexity index is 463. The van der Waals surface area contributed by atoms with Gasteiger partial charge in [0.25, 0.3) is 5.91 Å². The van der Waals surface area contributed by atoms with Crippen molar-refractivity contribution in [3.05, 3.63) is 34.1 Å². The minimum Gasteiger partial charge on any atom is -0.336 e. The lowest BCUT2D eigenvalue weighted by Crippen LogP contribution is -2.45. The van der Waals surface area contributed by atoms with Crippen LogP contribution < -0.4 is 0 Å². The number of likely N-dealkylation sites (tertiary alicyclic amines) is 1. The smallest absolute Gasteiger partial charge is 0.257 e. The van der Waals surface area contributed by atoms with E-state index < -0.39 is 5.82 Å². The van der Waals surface area contributed by atoms with Gasteiger partial charge in [-0.05, 0) is 53.7 Å². The third-order valence-corrected chi connectivity index (χ3v) is 4.17. The maximum atomic E-state index is 13.9. The van der Waals surface area contributed by atoms with Crippen LogP contribution in [0.15, 0.2) is 22.7 Å². The minimum atomic E-state index is -0.465. The number of benzene rings is 1. The molecule has 1 aromatic carbocycles. The van der Waals surface area contributed by atoms with Crippen LogP contribution in [0.5, 0.6) is 0 Å². The Balaban J connectivity index is 2.27. The first-order chi connectivity index (χ1) is 8.50. The first-order valence-corrected chi connectivity index (χ1v) is 7.05. The molecule has 4 heteroatoms. The summed E-state index contributed by atoms with van der Waals surface area (Å²) >= 11 is 3.12. The predicted octanol–water partition coefficient (Wildman–Crippen LogP) is 3.85. The van der Waals surface area contributed by atoms with Gasteiger partial charge in [-0.1, -0.05) is 13.0 Å². The molecule has 2 unspecified atom stereocenters. The lowest BCUT2D eigenvalue weighted by atomic mass is 9.94. The highest BCUT2D eigenvalue weighted by Gasteiger charge is 2.29. The molecule has 0 aromatic heterocycles. The van der Waals surface area contributed by atoms with Crippen molar-refractivity contribution in [2.75, 3.05) is 6.54 Å². The van der Waals surface area contributed by atoms with Gasteiger partial charge in [0, 0.05) is 12.6 Å². The molecule has 1 fully saturated rings. The van der Waals surface area contributed by atoms with E-state index in [1.54, 1.807) is 23.1 Å². The summed E-state index contributed by atoms with van der Waals surface area (Å²) in [5, 5.41) is 0. The van der Waals surface area contributed by atoms with Crippen LogP contribution in [-0.4, -0.2) is 23.4 Å². The van der Waals surface area contributed by atoms with Crippen LogP contribution in [-0.2, 0) is 0 Å². The molecule has 1 aromatic rings. The van der Waals surface area contributed by atoms with Gasteiger partial charge in [0.1, 0.15) is 5.82 Å². The summed E-state index contributed by atoms with van der Waals surface area (Å²) in [5.74, 6) is -0.179. The summed E-state index contributed by atoms with van der Waals surface area (Å²) in [6, 6.07) is 5.04. The number of carbonyl (C=O) groups excluding carboxylic acids is 1. The van der Waals surface area contributed by atoms with Crippen molar-refractivity contribution in [3.63, 3.8) is 0 Å². The molecule has 18 heavy (non-hydrogen) atoms. The largest absolute Gasteiger partial charge is 0.336 e. The number of rotatable bonds is 1. The lowest BCUT2D eigenvalue weighted by molar-refractivity contribution is 0.0569. The zero-order chi connectivity index (χ0) is 13.3. The Morgan fingerprint density at radius 3 is 2.83 bits per heavy atom. The molecule has 1 amide bonds. The van der Waals surface area contributed by atoms with Crippen LogP contribution in [0.25, 0.3) is 0 Å². The number of amides is 1. The molecule has 1 heterocycles. The van der Waals surface area contributed by atoms with Gasteiger partial charge in [-0.15, -0.1) is 0 Å². The van der Waals surface area contributed by atoms with Gasteiger partial charge in [0.2, 0.25) is 0 Å². The zero-order valence-electron chi connectivity index (χ0n) is 10.6. The first-order valence-electron chi connectivity index (χ1n) is 6.25. The van der Waals surface area contributed by atoms with Crippen LogP contribution in [0.4, 0.5) is 4.39 Å². The normalized spacial score (nSPS) is 24.1. The van der Waals surface area contributed by atoms with Crippen LogP contribution >= 0.6 is 15.9 Å². The highest BCUT2D eigenvalue weighted by atomic mass is 79.9. The Labute approximate surface area is 115 Å². The first kappa shape index (κ1) is 13.5. The quantitative estimate of drug-likeness (QED) is 0.771. The molecule has 1 saturated heterocycles. The van der Waals surface area contributed by atoms with Crippen molar-refractivity contribution in [2.24, 2.45) is 5.92 Å². The van der Waals surface area contributed by atoms with Crippen LogP contribution in [0, 0.1) is 11.7 Å². The Morgan fingerprint density at radius 2 is 2.11 bits per heavy atom. The molecule has 2 atom stereocenters. The Kier molecular flexibility index (Phi) is 4.05. The second-order valence-corrected chi connectivity index (χ2v) is 5.94. The molecule has 0 N–H and O–H groups in total. The summed E-state index contributed by atoms with van der Waals surface area (Å²) in [6.45, 7) is 4.87. The summed E-state index contributed by atoms with van der Waals surface area (Å²) in [4.78, 5) is 14.2. The van der Waals surface area contributed by atoms with Crippen molar-refractivity contribution in [2.45, 2.75) is 32.7 Å². The molecule has 1 aliphatic heterocycles. The van der Waals surface area contributed by atoms with E-state index in [1.165, 1.54) is 0 Å². The van der Waals surface area contributed by atoms with Gasteiger partial charge in [-0.25, -0.2) is 4.39 Å². The van der Waals surface area contributed by atoms with Gasteiger partial charge >= 0.3 is 0 Å². The highest BCUT2D eigenvalue weighted by Crippen LogP contribution is 2.25. The summed E-state index contributed by atoms with van der Waals surface area (Å²) in [7, 11) is 0. The van der Waals surface area contributed by atoms with Crippen LogP contribution in [0.1, 0.15) is 37.0 Å². The van der Waals surface area contributed by atoms with Crippen LogP contribution in [0.3, 0.4) is 0 Å². The second-order valence-electron chi connectivity index (χ2n) is 5.09. The average Bonchev–Trinajstić information content (AvgIpc) is 2.35. The number of halogens is 2. The third kappa shape index (κ3) is 2.58. The van der Waals surface area contributed by atoms with Gasteiger partial charge in [0.05, 0.1) is 10.0 Å². The molecule has 0 saturated carbocycles. The van der Waals surface area contributed by atoms with Gasteiger partial charge in [-0.3, -0.25) is 4.79 Å². The van der Waals surface area contributed by atoms with E-state index in [0.29, 0.717) is 16.9 Å². The molecule has 2 rings (SSSR count). The fraction of sp³-hybridized carbons (Fsp3) is 0.500. The third-order valence-electron chi connectivity index (χ3n) is 3.56. The van der Waals surface area contributed by atoms with E-state index in [0.717, 1.165) is 12.8 Å². The van der Waals surface area contributed by atoms with Crippen LogP contribution in [0.2, 0.25) is 0 Å². The maximum Gasteiger partial charge on any atom is 0.257 e. The number of nitrogens with zero attached hydrogens (tertiary/aromatic N) is 1. The number of piperidine rings is 1. The fourth-order valence-corrected chi connectivity index (χ4v) is 2.76. The highest BCUT2D eigenvalue weighted by molar-refractivity contribution is 9.10. The molecule has 0 radical (unpaired) electrons. The predicted molar refractivity (Wildman–Crippen MR) is 73.0 cm³/mol. The molecule has 0 spiro atoms. The number of carbonyl (C=O) groups is 1. The Hall–Kier alpha value is -0.900. The van der Waals surface area contributed by atoms with E-state index in [1.807, 2.05) is 6.92 Å². The number of hydrogen-bond acceptors (Lipinski definition) is 1. The number of hydrogen-bond donors (Lipinski definition) is 0. The summed E-state index contributed by atoms with van der Waals surface area (Å²) in [5.41, 5.74) is 0.158. The maximum absolute atomic E-state index is 13.9. The van der Waals surface area contributed by atoms with Crippen molar-refractivity contribution >= 4 is 21.8 Å². The van der Waals surface area contributed by atoms with Crippen molar-refractivity contribution in [3.8, 4) is 0 Å². The Morgan fingerprint density at radius 1 is 1.39 bits per heavy atom. The SMILES string of the molecule is CC1CCC(C)N(C(=O)c2cccc(Br)c2F)C1. The van der Waals surface area contributed by atoms with E-state index in [2.05, 4.69) is 22.9 Å². The fourth-order valence-electron chi connectivity index (χ4n) is 2.40. The molecular weight excluding hydrogens is 297 g/mol. The molecule has 0 aliphatic carbocycles. The van der Waals surface area contributed by atoms with Crippen molar-refractivity contribution in [1.29, 1.82) is 0 Å². The molecule has 1 aliphatic rings. The van der Waals surface area contributed by atoms with E-state index in [4.69, 9.17) is 0 Å². The molecule has 98 valence electrons.